The smallest absolute Gasteiger partial charge is 0.220 e. The van der Waals surface area contributed by atoms with Crippen molar-refractivity contribution in [1.29, 1.82) is 0 Å². The zero-order valence-corrected chi connectivity index (χ0v) is 23.8. The van der Waals surface area contributed by atoms with E-state index in [1.54, 1.807) is 0 Å². The van der Waals surface area contributed by atoms with E-state index in [9.17, 15) is 4.79 Å². The van der Waals surface area contributed by atoms with Crippen LogP contribution in [-0.4, -0.2) is 17.0 Å². The van der Waals surface area contributed by atoms with Crippen molar-refractivity contribution in [2.75, 3.05) is 6.54 Å². The molecule has 204 valence electrons. The van der Waals surface area contributed by atoms with Crippen LogP contribution in [0.25, 0.3) is 10.9 Å². The van der Waals surface area contributed by atoms with E-state index in [0.29, 0.717) is 6.42 Å². The number of para-hydroxylation sites is 1. The number of unbranched alkanes of at least 4 members (excludes halogenated alkanes) is 18. The monoisotopic (exact) mass is 496 g/mol. The van der Waals surface area contributed by atoms with Gasteiger partial charge >= 0.3 is 0 Å². The molecular formula is C33H56N2O. The van der Waals surface area contributed by atoms with Gasteiger partial charge in [-0.15, -0.1) is 0 Å². The van der Waals surface area contributed by atoms with Crippen LogP contribution in [0, 0.1) is 0 Å². The van der Waals surface area contributed by atoms with Gasteiger partial charge in [-0.1, -0.05) is 141 Å². The molecule has 0 fully saturated rings. The highest BCUT2D eigenvalue weighted by atomic mass is 16.1. The molecule has 0 atom stereocenters. The molecule has 0 bridgehead atoms. The number of benzene rings is 1. The number of fused-ring (bicyclic) bond motifs is 1. The lowest BCUT2D eigenvalue weighted by Crippen LogP contribution is -2.25. The van der Waals surface area contributed by atoms with Gasteiger partial charge in [0.15, 0.2) is 0 Å². The van der Waals surface area contributed by atoms with Crippen LogP contribution in [0.15, 0.2) is 30.5 Å². The highest BCUT2D eigenvalue weighted by Crippen LogP contribution is 2.20. The molecular weight excluding hydrogens is 440 g/mol. The summed E-state index contributed by atoms with van der Waals surface area (Å²) in [5.41, 5.74) is 2.57. The van der Waals surface area contributed by atoms with E-state index in [4.69, 9.17) is 0 Å². The lowest BCUT2D eigenvalue weighted by molar-refractivity contribution is -0.121. The number of carbonyl (C=O) groups is 1. The number of hydrogen-bond acceptors (Lipinski definition) is 1. The first kappa shape index (κ1) is 30.5. The molecule has 1 aromatic carbocycles. The van der Waals surface area contributed by atoms with Crippen molar-refractivity contribution < 1.29 is 4.79 Å². The zero-order valence-electron chi connectivity index (χ0n) is 23.8. The first-order valence-electron chi connectivity index (χ1n) is 15.5. The predicted octanol–water partition coefficient (Wildman–Crippen LogP) is 9.66. The van der Waals surface area contributed by atoms with Crippen LogP contribution in [0.5, 0.6) is 0 Å². The van der Waals surface area contributed by atoms with Gasteiger partial charge in [-0.3, -0.25) is 4.79 Å². The Kier molecular flexibility index (Phi) is 17.2. The quantitative estimate of drug-likeness (QED) is 0.153. The third-order valence-corrected chi connectivity index (χ3v) is 7.70. The fourth-order valence-corrected chi connectivity index (χ4v) is 5.41. The molecule has 3 heteroatoms. The second-order valence-corrected chi connectivity index (χ2v) is 11.0. The third-order valence-electron chi connectivity index (χ3n) is 7.70. The molecule has 0 aliphatic heterocycles. The van der Waals surface area contributed by atoms with Crippen LogP contribution in [0.2, 0.25) is 0 Å². The minimum absolute atomic E-state index is 0.210. The molecule has 0 radical (unpaired) electrons. The first-order chi connectivity index (χ1) is 17.7. The number of aryl methyl sites for hydroxylation is 1. The summed E-state index contributed by atoms with van der Waals surface area (Å²) in [4.78, 5) is 12.2. The van der Waals surface area contributed by atoms with E-state index in [1.165, 1.54) is 132 Å². The zero-order chi connectivity index (χ0) is 25.7. The number of hydrogen-bond donors (Lipinski definition) is 1. The molecule has 0 spiro atoms. The lowest BCUT2D eigenvalue weighted by atomic mass is 10.0. The average molecular weight is 497 g/mol. The minimum atomic E-state index is 0.210. The topological polar surface area (TPSA) is 34.0 Å². The van der Waals surface area contributed by atoms with Crippen LogP contribution in [0.4, 0.5) is 0 Å². The van der Waals surface area contributed by atoms with Gasteiger partial charge in [0.1, 0.15) is 0 Å². The molecule has 0 aliphatic rings. The van der Waals surface area contributed by atoms with Crippen molar-refractivity contribution >= 4 is 16.8 Å². The summed E-state index contributed by atoms with van der Waals surface area (Å²) in [7, 11) is 2.09. The molecule has 36 heavy (non-hydrogen) atoms. The molecule has 0 saturated heterocycles. The Labute approximate surface area is 222 Å². The van der Waals surface area contributed by atoms with Gasteiger partial charge in [-0.25, -0.2) is 0 Å². The molecule has 1 aromatic heterocycles. The molecule has 2 aromatic rings. The summed E-state index contributed by atoms with van der Waals surface area (Å²) in [6.45, 7) is 3.02. The molecule has 0 unspecified atom stereocenters. The minimum Gasteiger partial charge on any atom is -0.356 e. The van der Waals surface area contributed by atoms with Crippen LogP contribution >= 0.6 is 0 Å². The number of carbonyl (C=O) groups excluding carboxylic acids is 1. The Morgan fingerprint density at radius 2 is 1.17 bits per heavy atom. The van der Waals surface area contributed by atoms with E-state index < -0.39 is 0 Å². The van der Waals surface area contributed by atoms with Crippen molar-refractivity contribution in [3.63, 3.8) is 0 Å². The molecule has 2 rings (SSSR count). The number of nitrogens with one attached hydrogen (secondary N) is 1. The van der Waals surface area contributed by atoms with E-state index in [2.05, 4.69) is 54.3 Å². The van der Waals surface area contributed by atoms with Crippen molar-refractivity contribution in [3.8, 4) is 0 Å². The SMILES string of the molecule is CCCCCCCCCCCCCCCCCCCCCC(=O)NCCc1cn(C)c2ccccc12. The number of rotatable bonds is 23. The molecule has 3 nitrogen and oxygen atoms in total. The fourth-order valence-electron chi connectivity index (χ4n) is 5.41. The third kappa shape index (κ3) is 13.5. The highest BCUT2D eigenvalue weighted by Gasteiger charge is 2.07. The molecule has 0 saturated carbocycles. The second kappa shape index (κ2) is 20.3. The van der Waals surface area contributed by atoms with Gasteiger partial charge in [0.25, 0.3) is 0 Å². The summed E-state index contributed by atoms with van der Waals surface area (Å²) in [5.74, 6) is 0.210. The van der Waals surface area contributed by atoms with Crippen LogP contribution < -0.4 is 5.32 Å². The van der Waals surface area contributed by atoms with Gasteiger partial charge in [0.2, 0.25) is 5.91 Å². The molecule has 1 amide bonds. The van der Waals surface area contributed by atoms with Gasteiger partial charge in [0, 0.05) is 37.1 Å². The Bertz CT molecular complexity index is 809. The normalized spacial score (nSPS) is 11.4. The lowest BCUT2D eigenvalue weighted by Gasteiger charge is -2.05. The van der Waals surface area contributed by atoms with E-state index in [0.717, 1.165) is 19.4 Å². The standard InChI is InChI=1S/C33H56N2O/c1-3-4-5-6-7-8-9-10-11-12-13-14-15-16-17-18-19-20-21-26-33(36)34-28-27-30-29-35(2)32-25-23-22-24-31(30)32/h22-25,29H,3-21,26-28H2,1-2H3,(H,34,36). The Balaban J connectivity index is 1.31. The summed E-state index contributed by atoms with van der Waals surface area (Å²) >= 11 is 0. The van der Waals surface area contributed by atoms with Crippen LogP contribution in [-0.2, 0) is 18.3 Å². The maximum Gasteiger partial charge on any atom is 0.220 e. The molecule has 0 aliphatic carbocycles. The van der Waals surface area contributed by atoms with Crippen molar-refractivity contribution in [2.45, 2.75) is 142 Å². The predicted molar refractivity (Wildman–Crippen MR) is 158 cm³/mol. The number of nitrogens with zero attached hydrogens (tertiary/aromatic N) is 1. The highest BCUT2D eigenvalue weighted by molar-refractivity contribution is 5.84. The van der Waals surface area contributed by atoms with Crippen LogP contribution in [0.3, 0.4) is 0 Å². The number of amides is 1. The van der Waals surface area contributed by atoms with Gasteiger partial charge < -0.3 is 9.88 Å². The number of aromatic nitrogens is 1. The Hall–Kier alpha value is -1.77. The molecule has 1 N–H and O–H groups in total. The van der Waals surface area contributed by atoms with Gasteiger partial charge in [0.05, 0.1) is 0 Å². The Morgan fingerprint density at radius 1 is 0.694 bits per heavy atom. The maximum absolute atomic E-state index is 12.2. The van der Waals surface area contributed by atoms with Gasteiger partial charge in [-0.05, 0) is 24.5 Å². The first-order valence-corrected chi connectivity index (χ1v) is 15.5. The summed E-state index contributed by atoms with van der Waals surface area (Å²) < 4.78 is 2.17. The van der Waals surface area contributed by atoms with E-state index in [1.807, 2.05) is 0 Å². The van der Waals surface area contributed by atoms with E-state index >= 15 is 0 Å². The van der Waals surface area contributed by atoms with Gasteiger partial charge in [-0.2, -0.15) is 0 Å². The Morgan fingerprint density at radius 3 is 1.69 bits per heavy atom. The molecule has 1 heterocycles. The van der Waals surface area contributed by atoms with Crippen molar-refractivity contribution in [1.82, 2.24) is 9.88 Å². The maximum atomic E-state index is 12.2. The second-order valence-electron chi connectivity index (χ2n) is 11.0. The van der Waals surface area contributed by atoms with E-state index in [-0.39, 0.29) is 5.91 Å². The average Bonchev–Trinajstić information content (AvgIpc) is 3.21. The van der Waals surface area contributed by atoms with Crippen LogP contribution in [0.1, 0.15) is 141 Å². The summed E-state index contributed by atoms with van der Waals surface area (Å²) in [5, 5.41) is 4.41. The largest absolute Gasteiger partial charge is 0.356 e. The summed E-state index contributed by atoms with van der Waals surface area (Å²) in [6, 6.07) is 8.49. The fraction of sp³-hybridized carbons (Fsp3) is 0.727. The summed E-state index contributed by atoms with van der Waals surface area (Å²) in [6.07, 6.45) is 30.0. The van der Waals surface area contributed by atoms with Crippen molar-refractivity contribution in [3.05, 3.63) is 36.0 Å². The van der Waals surface area contributed by atoms with Crippen molar-refractivity contribution in [2.24, 2.45) is 7.05 Å².